The number of thiazole rings is 1. The van der Waals surface area contributed by atoms with E-state index in [0.717, 1.165) is 11.1 Å². The van der Waals surface area contributed by atoms with Crippen LogP contribution in [0.4, 0.5) is 0 Å². The van der Waals surface area contributed by atoms with Gasteiger partial charge in [-0.3, -0.25) is 9.36 Å². The largest absolute Gasteiger partial charge is 0.493 e. The highest BCUT2D eigenvalue weighted by atomic mass is 79.9. The summed E-state index contributed by atoms with van der Waals surface area (Å²) >= 11 is 4.82. The molecule has 0 spiro atoms. The summed E-state index contributed by atoms with van der Waals surface area (Å²) in [5.74, 6) is 0.977. The maximum absolute atomic E-state index is 14.3. The van der Waals surface area contributed by atoms with Crippen LogP contribution in [0.5, 0.6) is 17.2 Å². The number of esters is 1. The van der Waals surface area contributed by atoms with Crippen LogP contribution in [-0.2, 0) is 16.1 Å². The Balaban J connectivity index is 1.48. The van der Waals surface area contributed by atoms with Crippen LogP contribution >= 0.6 is 27.3 Å². The zero-order valence-corrected chi connectivity index (χ0v) is 29.2. The average Bonchev–Trinajstić information content (AvgIpc) is 3.44. The molecule has 246 valence electrons. The van der Waals surface area contributed by atoms with E-state index in [1.807, 2.05) is 60.7 Å². The van der Waals surface area contributed by atoms with Crippen molar-refractivity contribution >= 4 is 45.0 Å². The number of carbonyl (C=O) groups excluding carboxylic acids is 1. The van der Waals surface area contributed by atoms with Gasteiger partial charge < -0.3 is 18.9 Å². The van der Waals surface area contributed by atoms with Crippen LogP contribution < -0.4 is 29.1 Å². The molecule has 11 heteroatoms. The van der Waals surface area contributed by atoms with Gasteiger partial charge in [0.05, 0.1) is 58.8 Å². The van der Waals surface area contributed by atoms with Gasteiger partial charge in [-0.1, -0.05) is 72.0 Å². The van der Waals surface area contributed by atoms with Gasteiger partial charge in [0.2, 0.25) is 0 Å². The number of halogens is 1. The second kappa shape index (κ2) is 14.8. The normalized spacial score (nSPS) is 14.0. The Kier molecular flexibility index (Phi) is 10.1. The molecule has 4 aromatic carbocycles. The van der Waals surface area contributed by atoms with Crippen LogP contribution in [0.1, 0.15) is 40.8 Å². The highest BCUT2D eigenvalue weighted by Crippen LogP contribution is 2.38. The summed E-state index contributed by atoms with van der Waals surface area (Å²) in [6.07, 6.45) is 1.78. The van der Waals surface area contributed by atoms with Crippen molar-refractivity contribution in [2.45, 2.75) is 19.6 Å². The molecular weight excluding hydrogens is 706 g/mol. The molecule has 2 heterocycles. The fourth-order valence-corrected chi connectivity index (χ4v) is 7.08. The minimum absolute atomic E-state index is 0.146. The number of hydrogen-bond acceptors (Lipinski definition) is 9. The van der Waals surface area contributed by atoms with Gasteiger partial charge in [-0.15, -0.1) is 0 Å². The van der Waals surface area contributed by atoms with Crippen LogP contribution in [0.3, 0.4) is 0 Å². The summed E-state index contributed by atoms with van der Waals surface area (Å²) in [6.45, 7) is 2.11. The Morgan fingerprint density at radius 3 is 2.43 bits per heavy atom. The first kappa shape index (κ1) is 33.5. The zero-order valence-electron chi connectivity index (χ0n) is 26.8. The number of rotatable bonds is 10. The van der Waals surface area contributed by atoms with Gasteiger partial charge >= 0.3 is 5.97 Å². The number of methoxy groups -OCH3 is 2. The van der Waals surface area contributed by atoms with Crippen molar-refractivity contribution in [1.29, 1.82) is 5.26 Å². The van der Waals surface area contributed by atoms with E-state index < -0.39 is 12.0 Å². The molecule has 1 aromatic heterocycles. The third kappa shape index (κ3) is 6.79. The Morgan fingerprint density at radius 1 is 0.980 bits per heavy atom. The number of nitriles is 1. The Hall–Kier alpha value is -5.44. The Morgan fingerprint density at radius 2 is 1.71 bits per heavy atom. The van der Waals surface area contributed by atoms with E-state index >= 15 is 0 Å². The Bertz CT molecular complexity index is 2310. The first-order valence-electron chi connectivity index (χ1n) is 15.3. The third-order valence-corrected chi connectivity index (χ3v) is 9.47. The van der Waals surface area contributed by atoms with Crippen LogP contribution in [0.2, 0.25) is 0 Å². The van der Waals surface area contributed by atoms with Crippen molar-refractivity contribution in [2.75, 3.05) is 20.8 Å². The lowest BCUT2D eigenvalue weighted by Gasteiger charge is -2.26. The second-order valence-corrected chi connectivity index (χ2v) is 12.7. The molecule has 1 aliphatic heterocycles. The van der Waals surface area contributed by atoms with Crippen molar-refractivity contribution in [1.82, 2.24) is 4.57 Å². The van der Waals surface area contributed by atoms with Gasteiger partial charge in [0.1, 0.15) is 12.4 Å². The van der Waals surface area contributed by atoms with Gasteiger partial charge in [-0.05, 0) is 70.4 Å². The highest BCUT2D eigenvalue weighted by molar-refractivity contribution is 9.10. The van der Waals surface area contributed by atoms with Crippen LogP contribution in [0, 0.1) is 11.3 Å². The quantitative estimate of drug-likeness (QED) is 0.158. The number of carbonyl (C=O) groups is 1. The molecule has 6 rings (SSSR count). The number of benzene rings is 4. The number of aromatic nitrogens is 1. The van der Waals surface area contributed by atoms with Crippen molar-refractivity contribution in [3.8, 4) is 23.3 Å². The van der Waals surface area contributed by atoms with E-state index in [0.29, 0.717) is 53.4 Å². The first-order chi connectivity index (χ1) is 23.9. The van der Waals surface area contributed by atoms with Gasteiger partial charge in [-0.25, -0.2) is 9.79 Å². The van der Waals surface area contributed by atoms with Crippen molar-refractivity contribution in [3.63, 3.8) is 0 Å². The topological polar surface area (TPSA) is 112 Å². The smallest absolute Gasteiger partial charge is 0.338 e. The molecule has 0 radical (unpaired) electrons. The molecule has 0 N–H and O–H groups in total. The SMILES string of the molecule is CCOC(=O)C1=C(c2ccccc2)N=c2s/c(=C\c3ccc(OCc4ccccc4C#N)c(Br)c3)c(=O)n2[C@@H]1c1ccc(OC)c(OC)c1. The summed E-state index contributed by atoms with van der Waals surface area (Å²) < 4.78 is 25.3. The predicted octanol–water partition coefficient (Wildman–Crippen LogP) is 6.17. The molecule has 0 fully saturated rings. The van der Waals surface area contributed by atoms with Crippen molar-refractivity contribution in [3.05, 3.63) is 149 Å². The average molecular weight is 737 g/mol. The molecule has 1 atom stereocenters. The molecule has 1 aliphatic rings. The third-order valence-electron chi connectivity index (χ3n) is 7.87. The van der Waals surface area contributed by atoms with Crippen LogP contribution in [0.25, 0.3) is 11.8 Å². The molecule has 9 nitrogen and oxygen atoms in total. The Labute approximate surface area is 294 Å². The molecule has 0 saturated heterocycles. The monoisotopic (exact) mass is 735 g/mol. The number of ether oxygens (including phenoxy) is 4. The fraction of sp³-hybridized carbons (Fsp3) is 0.158. The van der Waals surface area contributed by atoms with Crippen molar-refractivity contribution < 1.29 is 23.7 Å². The van der Waals surface area contributed by atoms with E-state index in [4.69, 9.17) is 23.9 Å². The summed E-state index contributed by atoms with van der Waals surface area (Å²) in [5, 5.41) is 9.41. The van der Waals surface area contributed by atoms with Crippen LogP contribution in [0.15, 0.2) is 111 Å². The number of nitrogens with zero attached hydrogens (tertiary/aromatic N) is 3. The van der Waals surface area contributed by atoms with E-state index in [-0.39, 0.29) is 24.3 Å². The van der Waals surface area contributed by atoms with Gasteiger partial charge in [0, 0.05) is 11.1 Å². The summed E-state index contributed by atoms with van der Waals surface area (Å²) in [6, 6.07) is 28.8. The maximum Gasteiger partial charge on any atom is 0.338 e. The van der Waals surface area contributed by atoms with Crippen LogP contribution in [-0.4, -0.2) is 31.4 Å². The lowest BCUT2D eigenvalue weighted by atomic mass is 9.93. The standard InChI is InChI=1S/C38H30BrN3O6S/c1-4-47-37(44)33-34(24-10-6-5-7-11-24)41-38-42(35(33)25-15-17-30(45-2)31(20-25)46-3)36(43)32(49-38)19-23-14-16-29(28(39)18-23)48-22-27-13-9-8-12-26(27)21-40/h5-20,35H,4,22H2,1-3H3/b32-19-/t35-/m1/s1. The van der Waals surface area contributed by atoms with Gasteiger partial charge in [0.25, 0.3) is 5.56 Å². The molecule has 49 heavy (non-hydrogen) atoms. The lowest BCUT2D eigenvalue weighted by molar-refractivity contribution is -0.138. The van der Waals surface area contributed by atoms with E-state index in [2.05, 4.69) is 22.0 Å². The fourth-order valence-electron chi connectivity index (χ4n) is 5.56. The van der Waals surface area contributed by atoms with E-state index in [1.54, 1.807) is 50.4 Å². The lowest BCUT2D eigenvalue weighted by Crippen LogP contribution is -2.40. The van der Waals surface area contributed by atoms with E-state index in [1.165, 1.54) is 23.0 Å². The summed E-state index contributed by atoms with van der Waals surface area (Å²) in [5.41, 5.74) is 3.76. The minimum atomic E-state index is -0.869. The molecular formula is C38H30BrN3O6S. The molecule has 5 aromatic rings. The van der Waals surface area contributed by atoms with Gasteiger partial charge in [0.15, 0.2) is 16.3 Å². The second-order valence-electron chi connectivity index (χ2n) is 10.8. The van der Waals surface area contributed by atoms with Gasteiger partial charge in [-0.2, -0.15) is 5.26 Å². The highest BCUT2D eigenvalue weighted by Gasteiger charge is 2.35. The van der Waals surface area contributed by atoms with Crippen molar-refractivity contribution in [2.24, 2.45) is 4.99 Å². The minimum Gasteiger partial charge on any atom is -0.493 e. The first-order valence-corrected chi connectivity index (χ1v) is 16.9. The summed E-state index contributed by atoms with van der Waals surface area (Å²) in [4.78, 5) is 33.4. The van der Waals surface area contributed by atoms with E-state index in [9.17, 15) is 14.9 Å². The summed E-state index contributed by atoms with van der Waals surface area (Å²) in [7, 11) is 3.08. The maximum atomic E-state index is 14.3. The number of hydrogen-bond donors (Lipinski definition) is 0. The molecule has 0 saturated carbocycles. The molecule has 0 amide bonds. The molecule has 0 aliphatic carbocycles. The molecule has 0 unspecified atom stereocenters. The zero-order chi connectivity index (χ0) is 34.5. The number of fused-ring (bicyclic) bond motifs is 1. The molecule has 0 bridgehead atoms. The predicted molar refractivity (Wildman–Crippen MR) is 190 cm³/mol.